The van der Waals surface area contributed by atoms with Crippen molar-refractivity contribution in [2.45, 2.75) is 86.6 Å². The maximum absolute atomic E-state index is 14.9. The van der Waals surface area contributed by atoms with E-state index in [1.807, 2.05) is 0 Å². The molecule has 0 aliphatic carbocycles. The van der Waals surface area contributed by atoms with Gasteiger partial charge in [0.1, 0.15) is 31.5 Å². The average Bonchev–Trinajstić information content (AvgIpc) is 3.71. The second-order valence-electron chi connectivity index (χ2n) is 17.1. The molecule has 0 bridgehead atoms. The van der Waals surface area contributed by atoms with Crippen LogP contribution in [0.2, 0.25) is 0 Å². The molecule has 3 fully saturated rings. The standard InChI is InChI=1S/C52H54O18/c1-6-27-64-52(49(59)61-5)28-36(40(53)41(70-52)38(65-46(56)34-23-15-9-16-24-34)30-62-44(54)32-19-11-7-12-20-32)51(48(58)60-4)29-37-42(68-50(2,3)67-37)43(69-51)39(66-47(57)35-25-17-10-18-26-35)31-63-45(55)33-21-13-8-14-22-33/h6-26,36-43,53H,1,27-31H2,2-5H3/t36-,37-,38-,39-,40-,41-,42-,43-,51+,52-/m1/s1. The predicted octanol–water partition coefficient (Wildman–Crippen LogP) is 5.21. The van der Waals surface area contributed by atoms with Crippen LogP contribution in [-0.4, -0.2) is 135 Å². The van der Waals surface area contributed by atoms with Crippen LogP contribution in [0.3, 0.4) is 0 Å². The molecule has 1 N–H and O–H groups in total. The Hall–Kier alpha value is -6.80. The van der Waals surface area contributed by atoms with Gasteiger partial charge in [0, 0.05) is 18.8 Å². The molecule has 70 heavy (non-hydrogen) atoms. The lowest BCUT2D eigenvalue weighted by atomic mass is 9.69. The molecule has 0 saturated carbocycles. The Morgan fingerprint density at radius 3 is 1.50 bits per heavy atom. The molecule has 18 nitrogen and oxygen atoms in total. The van der Waals surface area contributed by atoms with E-state index in [9.17, 15) is 33.9 Å². The molecule has 0 amide bonds. The first-order chi connectivity index (χ1) is 33.6. The summed E-state index contributed by atoms with van der Waals surface area (Å²) < 4.78 is 66.6. The number of aliphatic hydroxyl groups excluding tert-OH is 1. The Morgan fingerprint density at radius 2 is 1.06 bits per heavy atom. The Bertz CT molecular complexity index is 2470. The van der Waals surface area contributed by atoms with Crippen molar-refractivity contribution < 1.29 is 86.0 Å². The highest BCUT2D eigenvalue weighted by molar-refractivity contribution is 5.91. The summed E-state index contributed by atoms with van der Waals surface area (Å²) in [7, 11) is 2.12. The number of fused-ring (bicyclic) bond motifs is 1. The van der Waals surface area contributed by atoms with Crippen molar-refractivity contribution >= 4 is 35.8 Å². The molecule has 370 valence electrons. The molecule has 0 radical (unpaired) electrons. The van der Waals surface area contributed by atoms with Crippen LogP contribution in [-0.2, 0) is 61.7 Å². The number of esters is 6. The highest BCUT2D eigenvalue weighted by Gasteiger charge is 2.69. The molecule has 18 heteroatoms. The van der Waals surface area contributed by atoms with E-state index >= 15 is 0 Å². The number of carbonyl (C=O) groups is 6. The van der Waals surface area contributed by atoms with Gasteiger partial charge in [-0.05, 0) is 62.4 Å². The maximum atomic E-state index is 14.9. The van der Waals surface area contributed by atoms with Gasteiger partial charge < -0.3 is 57.2 Å². The number of ether oxygens (including phenoxy) is 11. The normalized spacial score (nSPS) is 26.5. The molecule has 4 aromatic rings. The number of carbonyl (C=O) groups excluding carboxylic acids is 6. The molecule has 7 rings (SSSR count). The van der Waals surface area contributed by atoms with Gasteiger partial charge >= 0.3 is 35.8 Å². The summed E-state index contributed by atoms with van der Waals surface area (Å²) in [5, 5.41) is 12.9. The first kappa shape index (κ1) is 51.1. The van der Waals surface area contributed by atoms with Crippen LogP contribution in [0.1, 0.15) is 68.1 Å². The quantitative estimate of drug-likeness (QED) is 0.0767. The summed E-state index contributed by atoms with van der Waals surface area (Å²) in [6.45, 7) is 5.13. The van der Waals surface area contributed by atoms with Crippen molar-refractivity contribution in [3.8, 4) is 0 Å². The first-order valence-corrected chi connectivity index (χ1v) is 22.4. The summed E-state index contributed by atoms with van der Waals surface area (Å²) in [5.74, 6) is -11.3. The maximum Gasteiger partial charge on any atom is 0.366 e. The Balaban J connectivity index is 1.35. The van der Waals surface area contributed by atoms with Gasteiger partial charge in [0.25, 0.3) is 5.79 Å². The molecule has 3 aliphatic rings. The summed E-state index contributed by atoms with van der Waals surface area (Å²) in [6, 6.07) is 31.6. The molecule has 0 unspecified atom stereocenters. The van der Waals surface area contributed by atoms with Crippen LogP contribution in [0.5, 0.6) is 0 Å². The average molecular weight is 967 g/mol. The number of rotatable bonds is 18. The third kappa shape index (κ3) is 11.3. The zero-order valence-electron chi connectivity index (χ0n) is 38.9. The van der Waals surface area contributed by atoms with Crippen molar-refractivity contribution in [3.63, 3.8) is 0 Å². The van der Waals surface area contributed by atoms with Crippen molar-refractivity contribution in [2.75, 3.05) is 34.0 Å². The van der Waals surface area contributed by atoms with E-state index in [-0.39, 0.29) is 28.9 Å². The van der Waals surface area contributed by atoms with Crippen LogP contribution >= 0.6 is 0 Å². The third-order valence-corrected chi connectivity index (χ3v) is 12.1. The molecular formula is C52H54O18. The van der Waals surface area contributed by atoms with E-state index in [2.05, 4.69) is 6.58 Å². The largest absolute Gasteiger partial charge is 0.467 e. The third-order valence-electron chi connectivity index (χ3n) is 12.1. The Labute approximate surface area is 403 Å². The van der Waals surface area contributed by atoms with E-state index in [0.29, 0.717) is 0 Å². The summed E-state index contributed by atoms with van der Waals surface area (Å²) >= 11 is 0. The number of aliphatic hydroxyl groups is 1. The molecule has 10 atom stereocenters. The van der Waals surface area contributed by atoms with E-state index in [1.165, 1.54) is 54.6 Å². The lowest BCUT2D eigenvalue weighted by Crippen LogP contribution is -2.71. The van der Waals surface area contributed by atoms with Crippen molar-refractivity contribution in [1.82, 2.24) is 0 Å². The van der Waals surface area contributed by atoms with E-state index < -0.39 is 128 Å². The summed E-state index contributed by atoms with van der Waals surface area (Å²) in [5.41, 5.74) is -1.94. The Morgan fingerprint density at radius 1 is 0.614 bits per heavy atom. The molecule has 4 aromatic carbocycles. The van der Waals surface area contributed by atoms with Gasteiger partial charge in [-0.25, -0.2) is 28.8 Å². The lowest BCUT2D eigenvalue weighted by molar-refractivity contribution is -0.338. The monoisotopic (exact) mass is 966 g/mol. The highest BCUT2D eigenvalue weighted by Crippen LogP contribution is 2.51. The fourth-order valence-corrected chi connectivity index (χ4v) is 8.87. The summed E-state index contributed by atoms with van der Waals surface area (Å²) in [4.78, 5) is 83.9. The lowest BCUT2D eigenvalue weighted by Gasteiger charge is -2.54. The minimum Gasteiger partial charge on any atom is -0.467 e. The van der Waals surface area contributed by atoms with E-state index in [4.69, 9.17) is 52.1 Å². The smallest absolute Gasteiger partial charge is 0.366 e. The molecular weight excluding hydrogens is 913 g/mol. The van der Waals surface area contributed by atoms with Crippen LogP contribution in [0.4, 0.5) is 0 Å². The van der Waals surface area contributed by atoms with Crippen LogP contribution in [0, 0.1) is 5.92 Å². The fourth-order valence-electron chi connectivity index (χ4n) is 8.87. The number of methoxy groups -OCH3 is 2. The molecule has 0 spiro atoms. The Kier molecular flexibility index (Phi) is 16.3. The zero-order chi connectivity index (χ0) is 50.1. The van der Waals surface area contributed by atoms with Crippen LogP contribution < -0.4 is 0 Å². The number of hydrogen-bond acceptors (Lipinski definition) is 18. The van der Waals surface area contributed by atoms with Gasteiger partial charge in [0.2, 0.25) is 0 Å². The minimum atomic E-state index is -2.54. The van der Waals surface area contributed by atoms with Gasteiger partial charge in [-0.2, -0.15) is 0 Å². The second-order valence-corrected chi connectivity index (χ2v) is 17.1. The molecule has 0 aromatic heterocycles. The fraction of sp³-hybridized carbons (Fsp3) is 0.385. The van der Waals surface area contributed by atoms with Gasteiger partial charge in [0.05, 0.1) is 55.3 Å². The molecule has 3 heterocycles. The van der Waals surface area contributed by atoms with Gasteiger partial charge in [-0.15, -0.1) is 6.58 Å². The minimum absolute atomic E-state index is 0.0615. The van der Waals surface area contributed by atoms with Crippen molar-refractivity contribution in [3.05, 3.63) is 156 Å². The topological polar surface area (TPSA) is 224 Å². The van der Waals surface area contributed by atoms with Crippen molar-refractivity contribution in [1.29, 1.82) is 0 Å². The first-order valence-electron chi connectivity index (χ1n) is 22.4. The van der Waals surface area contributed by atoms with Gasteiger partial charge in [0.15, 0.2) is 23.6 Å². The van der Waals surface area contributed by atoms with Crippen LogP contribution in [0.25, 0.3) is 0 Å². The second kappa shape index (κ2) is 22.3. The van der Waals surface area contributed by atoms with Crippen LogP contribution in [0.15, 0.2) is 134 Å². The van der Waals surface area contributed by atoms with Crippen molar-refractivity contribution in [2.24, 2.45) is 5.92 Å². The molecule has 3 saturated heterocycles. The number of hydrogen-bond donors (Lipinski definition) is 1. The summed E-state index contributed by atoms with van der Waals surface area (Å²) in [6.07, 6.45) is -10.9. The zero-order valence-corrected chi connectivity index (χ0v) is 38.9. The highest BCUT2D eigenvalue weighted by atomic mass is 16.8. The predicted molar refractivity (Wildman–Crippen MR) is 243 cm³/mol. The van der Waals surface area contributed by atoms with Gasteiger partial charge in [-0.1, -0.05) is 78.9 Å². The number of benzene rings is 4. The SMILES string of the molecule is C=CCO[C@]1(C(=O)OC)C[C@@H]([C@]2(C(=O)OC)C[C@H]3OC(C)(C)O[C@H]3[C@@H]([C@@H](COC(=O)c3ccccc3)OC(=O)c3ccccc3)O2)[C@@H](O)[C@@H]([C@@H](COC(=O)c2ccccc2)OC(=O)c2ccccc2)O1. The van der Waals surface area contributed by atoms with E-state index in [0.717, 1.165) is 14.2 Å². The van der Waals surface area contributed by atoms with Gasteiger partial charge in [-0.3, -0.25) is 0 Å². The molecule has 3 aliphatic heterocycles. The van der Waals surface area contributed by atoms with E-state index in [1.54, 1.807) is 86.6 Å².